The molecule has 1 aromatic carbocycles. The summed E-state index contributed by atoms with van der Waals surface area (Å²) in [5, 5.41) is 6.52. The Labute approximate surface area is 112 Å². The van der Waals surface area contributed by atoms with Gasteiger partial charge in [0.05, 0.1) is 0 Å². The summed E-state index contributed by atoms with van der Waals surface area (Å²) in [7, 11) is 1.96. The molecule has 1 rings (SSSR count). The van der Waals surface area contributed by atoms with E-state index in [2.05, 4.69) is 62.6 Å². The topological polar surface area (TPSA) is 24.1 Å². The molecule has 0 aliphatic rings. The Balaban J connectivity index is 2.71. The van der Waals surface area contributed by atoms with Crippen LogP contribution in [0.2, 0.25) is 0 Å². The van der Waals surface area contributed by atoms with Gasteiger partial charge in [0.1, 0.15) is 0 Å². The molecule has 0 aromatic heterocycles. The zero-order valence-corrected chi connectivity index (χ0v) is 12.5. The van der Waals surface area contributed by atoms with Crippen LogP contribution in [0.1, 0.15) is 51.2 Å². The minimum absolute atomic E-state index is 0.171. The Morgan fingerprint density at radius 1 is 1.17 bits per heavy atom. The third-order valence-corrected chi connectivity index (χ3v) is 3.74. The molecule has 1 atom stereocenters. The normalized spacial score (nSPS) is 13.6. The van der Waals surface area contributed by atoms with Gasteiger partial charge in [0.15, 0.2) is 0 Å². The van der Waals surface area contributed by atoms with E-state index >= 15 is 0 Å². The highest BCUT2D eigenvalue weighted by atomic mass is 15.0. The third kappa shape index (κ3) is 4.11. The van der Waals surface area contributed by atoms with Gasteiger partial charge < -0.3 is 10.6 Å². The van der Waals surface area contributed by atoms with E-state index < -0.39 is 0 Å². The number of nitrogens with one attached hydrogen (secondary N) is 2. The highest BCUT2D eigenvalue weighted by Crippen LogP contribution is 2.25. The molecule has 0 radical (unpaired) electrons. The van der Waals surface area contributed by atoms with Crippen LogP contribution < -0.4 is 10.6 Å². The van der Waals surface area contributed by atoms with E-state index in [9.17, 15) is 0 Å². The Hall–Kier alpha value is -0.860. The number of benzene rings is 1. The maximum absolute atomic E-state index is 3.41. The van der Waals surface area contributed by atoms with Crippen molar-refractivity contribution in [3.8, 4) is 0 Å². The second-order valence-electron chi connectivity index (χ2n) is 5.77. The van der Waals surface area contributed by atoms with Crippen LogP contribution >= 0.6 is 0 Å². The molecular formula is C16H28N2. The molecule has 0 spiro atoms. The summed E-state index contributed by atoms with van der Waals surface area (Å²) in [5.41, 5.74) is 3.02. The van der Waals surface area contributed by atoms with Crippen LogP contribution in [-0.2, 0) is 5.41 Å². The molecule has 2 N–H and O–H groups in total. The van der Waals surface area contributed by atoms with Gasteiger partial charge in [-0.25, -0.2) is 0 Å². The second kappa shape index (κ2) is 6.91. The fraction of sp³-hybridized carbons (Fsp3) is 0.625. The molecule has 18 heavy (non-hydrogen) atoms. The minimum atomic E-state index is 0.171. The van der Waals surface area contributed by atoms with Gasteiger partial charge in [-0.05, 0) is 30.5 Å². The van der Waals surface area contributed by atoms with Crippen molar-refractivity contribution >= 4 is 0 Å². The molecule has 0 amide bonds. The van der Waals surface area contributed by atoms with E-state index in [4.69, 9.17) is 0 Å². The van der Waals surface area contributed by atoms with E-state index in [1.54, 1.807) is 0 Å². The van der Waals surface area contributed by atoms with Crippen molar-refractivity contribution in [2.75, 3.05) is 20.3 Å². The first-order valence-electron chi connectivity index (χ1n) is 6.97. The largest absolute Gasteiger partial charge is 0.308 e. The van der Waals surface area contributed by atoms with Crippen LogP contribution in [0, 0.1) is 0 Å². The van der Waals surface area contributed by atoms with Gasteiger partial charge in [-0.15, -0.1) is 0 Å². The van der Waals surface area contributed by atoms with Gasteiger partial charge in [-0.1, -0.05) is 52.0 Å². The zero-order valence-electron chi connectivity index (χ0n) is 12.5. The van der Waals surface area contributed by atoms with E-state index in [1.165, 1.54) is 17.5 Å². The smallest absolute Gasteiger partial charge is 0.0452 e. The first-order valence-corrected chi connectivity index (χ1v) is 6.97. The average molecular weight is 248 g/mol. The van der Waals surface area contributed by atoms with Gasteiger partial charge in [0.2, 0.25) is 0 Å². The zero-order chi connectivity index (χ0) is 13.6. The lowest BCUT2D eigenvalue weighted by Gasteiger charge is -2.26. The molecule has 0 aliphatic heterocycles. The van der Waals surface area contributed by atoms with Crippen molar-refractivity contribution in [2.24, 2.45) is 0 Å². The second-order valence-corrected chi connectivity index (χ2v) is 5.77. The standard InChI is InChI=1S/C16H28N2/c1-6-13(2)14-7-9-15(10-8-14)16(3,4)11-18-12-17-5/h7-10,13,17-18H,6,11-12H2,1-5H3. The summed E-state index contributed by atoms with van der Waals surface area (Å²) < 4.78 is 0. The van der Waals surface area contributed by atoms with Crippen molar-refractivity contribution in [1.29, 1.82) is 0 Å². The lowest BCUT2D eigenvalue weighted by atomic mass is 9.83. The summed E-state index contributed by atoms with van der Waals surface area (Å²) in [4.78, 5) is 0. The molecule has 2 nitrogen and oxygen atoms in total. The van der Waals surface area contributed by atoms with Crippen molar-refractivity contribution in [2.45, 2.75) is 45.4 Å². The molecule has 1 unspecified atom stereocenters. The quantitative estimate of drug-likeness (QED) is 0.572. The fourth-order valence-corrected chi connectivity index (χ4v) is 2.10. The van der Waals surface area contributed by atoms with Crippen LogP contribution in [0.4, 0.5) is 0 Å². The van der Waals surface area contributed by atoms with Crippen LogP contribution in [0.5, 0.6) is 0 Å². The first kappa shape index (κ1) is 15.2. The van der Waals surface area contributed by atoms with Crippen molar-refractivity contribution < 1.29 is 0 Å². The molecule has 1 aromatic rings. The van der Waals surface area contributed by atoms with Crippen molar-refractivity contribution in [3.63, 3.8) is 0 Å². The predicted octanol–water partition coefficient (Wildman–Crippen LogP) is 3.24. The monoisotopic (exact) mass is 248 g/mol. The molecule has 0 saturated heterocycles. The van der Waals surface area contributed by atoms with Gasteiger partial charge in [-0.3, -0.25) is 0 Å². The predicted molar refractivity (Wildman–Crippen MR) is 80.1 cm³/mol. The Bertz CT molecular complexity index is 341. The number of hydrogen-bond donors (Lipinski definition) is 2. The molecule has 102 valence electrons. The number of rotatable bonds is 7. The Morgan fingerprint density at radius 2 is 1.78 bits per heavy atom. The Morgan fingerprint density at radius 3 is 2.28 bits per heavy atom. The lowest BCUT2D eigenvalue weighted by molar-refractivity contribution is 0.460. The van der Waals surface area contributed by atoms with E-state index in [-0.39, 0.29) is 5.41 Å². The molecule has 0 fully saturated rings. The van der Waals surface area contributed by atoms with Crippen LogP contribution in [0.3, 0.4) is 0 Å². The third-order valence-electron chi connectivity index (χ3n) is 3.74. The summed E-state index contributed by atoms with van der Waals surface area (Å²) in [6.45, 7) is 10.9. The van der Waals surface area contributed by atoms with Crippen LogP contribution in [0.25, 0.3) is 0 Å². The molecule has 0 heterocycles. The molecule has 0 aliphatic carbocycles. The fourth-order valence-electron chi connectivity index (χ4n) is 2.10. The maximum atomic E-state index is 3.41. The van der Waals surface area contributed by atoms with Gasteiger partial charge in [0, 0.05) is 18.6 Å². The average Bonchev–Trinajstić information content (AvgIpc) is 2.38. The molecule has 0 bridgehead atoms. The van der Waals surface area contributed by atoms with Gasteiger partial charge in [0.25, 0.3) is 0 Å². The Kier molecular flexibility index (Phi) is 5.83. The van der Waals surface area contributed by atoms with E-state index in [1.807, 2.05) is 7.05 Å². The summed E-state index contributed by atoms with van der Waals surface area (Å²) in [6, 6.07) is 9.12. The van der Waals surface area contributed by atoms with E-state index in [0.717, 1.165) is 13.2 Å². The summed E-state index contributed by atoms with van der Waals surface area (Å²) in [5.74, 6) is 0.657. The molecular weight excluding hydrogens is 220 g/mol. The van der Waals surface area contributed by atoms with E-state index in [0.29, 0.717) is 5.92 Å². The molecule has 2 heteroatoms. The lowest BCUT2D eigenvalue weighted by Crippen LogP contribution is -2.37. The van der Waals surface area contributed by atoms with Gasteiger partial charge >= 0.3 is 0 Å². The highest BCUT2D eigenvalue weighted by Gasteiger charge is 2.19. The maximum Gasteiger partial charge on any atom is 0.0452 e. The first-order chi connectivity index (χ1) is 8.51. The van der Waals surface area contributed by atoms with Crippen LogP contribution in [0.15, 0.2) is 24.3 Å². The SMILES string of the molecule is CCC(C)c1ccc(C(C)(C)CNCNC)cc1. The highest BCUT2D eigenvalue weighted by molar-refractivity contribution is 5.30. The van der Waals surface area contributed by atoms with Crippen molar-refractivity contribution in [1.82, 2.24) is 10.6 Å². The van der Waals surface area contributed by atoms with Crippen LogP contribution in [-0.4, -0.2) is 20.3 Å². The van der Waals surface area contributed by atoms with Crippen molar-refractivity contribution in [3.05, 3.63) is 35.4 Å². The molecule has 0 saturated carbocycles. The minimum Gasteiger partial charge on any atom is -0.308 e. The summed E-state index contributed by atoms with van der Waals surface area (Å²) >= 11 is 0. The number of hydrogen-bond acceptors (Lipinski definition) is 2. The summed E-state index contributed by atoms with van der Waals surface area (Å²) in [6.07, 6.45) is 1.20. The van der Waals surface area contributed by atoms with Gasteiger partial charge in [-0.2, -0.15) is 0 Å².